The SMILES string of the molecule is Cc1ccccc1C[C@@H](N)CC(=O)N1C[C@@H]2C[C@H]1c1nnc(C(F)(F)F)n12. The van der Waals surface area contributed by atoms with Crippen molar-refractivity contribution in [2.75, 3.05) is 6.54 Å². The first kappa shape index (κ1) is 18.0. The summed E-state index contributed by atoms with van der Waals surface area (Å²) in [5, 5.41) is 7.00. The number of halogens is 3. The van der Waals surface area contributed by atoms with E-state index in [-0.39, 0.29) is 30.7 Å². The third-order valence-corrected chi connectivity index (χ3v) is 5.42. The fourth-order valence-electron chi connectivity index (χ4n) is 4.14. The molecule has 2 bridgehead atoms. The Hall–Kier alpha value is -2.42. The molecule has 1 aromatic carbocycles. The normalized spacial score (nSPS) is 22.2. The van der Waals surface area contributed by atoms with Gasteiger partial charge >= 0.3 is 6.18 Å². The first-order valence-corrected chi connectivity index (χ1v) is 8.87. The van der Waals surface area contributed by atoms with Gasteiger partial charge in [-0.15, -0.1) is 10.2 Å². The number of hydrogen-bond donors (Lipinski definition) is 1. The predicted molar refractivity (Wildman–Crippen MR) is 90.6 cm³/mol. The molecule has 2 aliphatic heterocycles. The minimum absolute atomic E-state index is 0.147. The fraction of sp³-hybridized carbons (Fsp3) is 0.500. The highest BCUT2D eigenvalue weighted by Crippen LogP contribution is 2.47. The van der Waals surface area contributed by atoms with Crippen molar-refractivity contribution in [1.29, 1.82) is 0 Å². The summed E-state index contributed by atoms with van der Waals surface area (Å²) in [5.41, 5.74) is 8.38. The second kappa shape index (κ2) is 6.33. The van der Waals surface area contributed by atoms with Gasteiger partial charge in [0.1, 0.15) is 0 Å². The van der Waals surface area contributed by atoms with Gasteiger partial charge in [-0.3, -0.25) is 4.79 Å². The smallest absolute Gasteiger partial charge is 0.330 e. The summed E-state index contributed by atoms with van der Waals surface area (Å²) in [5.74, 6) is -0.904. The van der Waals surface area contributed by atoms with Crippen LogP contribution >= 0.6 is 0 Å². The largest absolute Gasteiger partial charge is 0.451 e. The second-order valence-corrected chi connectivity index (χ2v) is 7.30. The summed E-state index contributed by atoms with van der Waals surface area (Å²) in [4.78, 5) is 14.3. The number of carbonyl (C=O) groups excluding carboxylic acids is 1. The van der Waals surface area contributed by atoms with E-state index < -0.39 is 24.1 Å². The number of aryl methyl sites for hydroxylation is 1. The van der Waals surface area contributed by atoms with Crippen LogP contribution in [0, 0.1) is 6.92 Å². The molecule has 0 spiro atoms. The second-order valence-electron chi connectivity index (χ2n) is 7.30. The highest BCUT2D eigenvalue weighted by atomic mass is 19.4. The number of hydrogen-bond acceptors (Lipinski definition) is 4. The Morgan fingerprint density at radius 1 is 1.33 bits per heavy atom. The van der Waals surface area contributed by atoms with Crippen molar-refractivity contribution >= 4 is 5.91 Å². The molecule has 27 heavy (non-hydrogen) atoms. The molecule has 4 rings (SSSR count). The number of fused-ring (bicyclic) bond motifs is 5. The summed E-state index contributed by atoms with van der Waals surface area (Å²) in [6.07, 6.45) is -3.36. The standard InChI is InChI=1S/C18H20F3N5O/c1-10-4-2-3-5-11(10)6-12(22)7-15(27)25-9-13-8-14(25)16-23-24-17(26(13)16)18(19,20)21/h2-5,12-14H,6-9,22H2,1H3/t12-,13+,14+/m1/s1. The molecular formula is C18H20F3N5O. The molecule has 0 aliphatic carbocycles. The molecule has 1 saturated heterocycles. The molecule has 3 heterocycles. The van der Waals surface area contributed by atoms with Crippen LogP contribution in [0.4, 0.5) is 13.2 Å². The lowest BCUT2D eigenvalue weighted by Crippen LogP contribution is -2.39. The molecule has 2 aliphatic rings. The number of aromatic nitrogens is 3. The lowest BCUT2D eigenvalue weighted by molar-refractivity contribution is -0.148. The Balaban J connectivity index is 1.44. The molecule has 144 valence electrons. The van der Waals surface area contributed by atoms with Crippen LogP contribution in [0.5, 0.6) is 0 Å². The van der Waals surface area contributed by atoms with Gasteiger partial charge in [-0.2, -0.15) is 13.2 Å². The monoisotopic (exact) mass is 379 g/mol. The third kappa shape index (κ3) is 3.09. The van der Waals surface area contributed by atoms with Crippen molar-refractivity contribution in [3.05, 3.63) is 47.0 Å². The van der Waals surface area contributed by atoms with E-state index in [1.54, 1.807) is 4.90 Å². The molecule has 2 aromatic rings. The average molecular weight is 379 g/mol. The van der Waals surface area contributed by atoms with E-state index >= 15 is 0 Å². The van der Waals surface area contributed by atoms with Crippen LogP contribution in [0.15, 0.2) is 24.3 Å². The van der Waals surface area contributed by atoms with E-state index in [1.165, 1.54) is 0 Å². The van der Waals surface area contributed by atoms with E-state index in [9.17, 15) is 18.0 Å². The van der Waals surface area contributed by atoms with Gasteiger partial charge in [-0.05, 0) is 30.9 Å². The molecule has 1 aromatic heterocycles. The minimum Gasteiger partial charge on any atom is -0.330 e. The van der Waals surface area contributed by atoms with Gasteiger partial charge in [0.2, 0.25) is 11.7 Å². The number of nitrogens with two attached hydrogens (primary N) is 1. The highest BCUT2D eigenvalue weighted by molar-refractivity contribution is 5.78. The summed E-state index contributed by atoms with van der Waals surface area (Å²) >= 11 is 0. The molecule has 3 atom stereocenters. The maximum Gasteiger partial charge on any atom is 0.451 e. The fourth-order valence-corrected chi connectivity index (χ4v) is 4.14. The third-order valence-electron chi connectivity index (χ3n) is 5.42. The molecule has 0 radical (unpaired) electrons. The van der Waals surface area contributed by atoms with Crippen LogP contribution in [0.2, 0.25) is 0 Å². The summed E-state index contributed by atoms with van der Waals surface area (Å²) in [6, 6.07) is 6.64. The predicted octanol–water partition coefficient (Wildman–Crippen LogP) is 2.39. The number of amides is 1. The van der Waals surface area contributed by atoms with Gasteiger partial charge < -0.3 is 15.2 Å². The van der Waals surface area contributed by atoms with Crippen LogP contribution in [0.3, 0.4) is 0 Å². The van der Waals surface area contributed by atoms with Crippen LogP contribution in [-0.4, -0.2) is 38.2 Å². The van der Waals surface area contributed by atoms with Gasteiger partial charge in [0.15, 0.2) is 5.82 Å². The Bertz CT molecular complexity index is 878. The van der Waals surface area contributed by atoms with E-state index in [1.807, 2.05) is 31.2 Å². The Labute approximate surface area is 154 Å². The van der Waals surface area contributed by atoms with Gasteiger partial charge in [-0.1, -0.05) is 24.3 Å². The van der Waals surface area contributed by atoms with Crippen molar-refractivity contribution in [3.8, 4) is 0 Å². The summed E-state index contributed by atoms with van der Waals surface area (Å²) < 4.78 is 40.3. The van der Waals surface area contributed by atoms with E-state index in [0.29, 0.717) is 12.8 Å². The first-order valence-electron chi connectivity index (χ1n) is 8.87. The molecule has 1 amide bonds. The van der Waals surface area contributed by atoms with Crippen molar-refractivity contribution in [1.82, 2.24) is 19.7 Å². The number of carbonyl (C=O) groups is 1. The number of likely N-dealkylation sites (tertiary alicyclic amines) is 1. The molecular weight excluding hydrogens is 359 g/mol. The quantitative estimate of drug-likeness (QED) is 0.885. The Morgan fingerprint density at radius 2 is 2.07 bits per heavy atom. The zero-order valence-corrected chi connectivity index (χ0v) is 14.8. The zero-order valence-electron chi connectivity index (χ0n) is 14.8. The van der Waals surface area contributed by atoms with Crippen LogP contribution in [0.25, 0.3) is 0 Å². The van der Waals surface area contributed by atoms with E-state index in [0.717, 1.165) is 15.7 Å². The first-order chi connectivity index (χ1) is 12.8. The molecule has 1 fully saturated rings. The molecule has 2 N–H and O–H groups in total. The number of rotatable bonds is 4. The molecule has 6 nitrogen and oxygen atoms in total. The molecule has 9 heteroatoms. The average Bonchev–Trinajstić information content (AvgIpc) is 3.27. The number of nitrogens with zero attached hydrogens (tertiary/aromatic N) is 4. The summed E-state index contributed by atoms with van der Waals surface area (Å²) in [7, 11) is 0. The lowest BCUT2D eigenvalue weighted by atomic mass is 9.99. The van der Waals surface area contributed by atoms with Gasteiger partial charge in [0.25, 0.3) is 0 Å². The maximum atomic E-state index is 13.0. The molecule has 0 unspecified atom stereocenters. The van der Waals surface area contributed by atoms with Crippen LogP contribution in [-0.2, 0) is 17.4 Å². The minimum atomic E-state index is -4.54. The van der Waals surface area contributed by atoms with Crippen LogP contribution in [0.1, 0.15) is 47.7 Å². The van der Waals surface area contributed by atoms with E-state index in [2.05, 4.69) is 10.2 Å². The number of alkyl halides is 3. The van der Waals surface area contributed by atoms with Crippen molar-refractivity contribution in [2.24, 2.45) is 5.73 Å². The van der Waals surface area contributed by atoms with Crippen molar-refractivity contribution < 1.29 is 18.0 Å². The van der Waals surface area contributed by atoms with Crippen molar-refractivity contribution in [2.45, 2.75) is 50.5 Å². The molecule has 0 saturated carbocycles. The highest BCUT2D eigenvalue weighted by Gasteiger charge is 2.51. The maximum absolute atomic E-state index is 13.0. The zero-order chi connectivity index (χ0) is 19.3. The Kier molecular flexibility index (Phi) is 4.21. The number of benzene rings is 1. The Morgan fingerprint density at radius 3 is 2.78 bits per heavy atom. The topological polar surface area (TPSA) is 77.0 Å². The van der Waals surface area contributed by atoms with Crippen molar-refractivity contribution in [3.63, 3.8) is 0 Å². The van der Waals surface area contributed by atoms with Gasteiger partial charge in [0, 0.05) is 19.0 Å². The van der Waals surface area contributed by atoms with Crippen LogP contribution < -0.4 is 5.73 Å². The lowest BCUT2D eigenvalue weighted by Gasteiger charge is -2.28. The summed E-state index contributed by atoms with van der Waals surface area (Å²) in [6.45, 7) is 2.24. The van der Waals surface area contributed by atoms with Gasteiger partial charge in [0.05, 0.1) is 12.1 Å². The van der Waals surface area contributed by atoms with Gasteiger partial charge in [-0.25, -0.2) is 0 Å². The van der Waals surface area contributed by atoms with E-state index in [4.69, 9.17) is 5.73 Å².